The van der Waals surface area contributed by atoms with Crippen molar-refractivity contribution in [2.75, 3.05) is 16.8 Å². The van der Waals surface area contributed by atoms with Crippen molar-refractivity contribution in [2.45, 2.75) is 20.3 Å². The number of carboxylic acids is 1. The van der Waals surface area contributed by atoms with Gasteiger partial charge in [-0.05, 0) is 43.2 Å². The summed E-state index contributed by atoms with van der Waals surface area (Å²) in [5, 5.41) is 13.5. The lowest BCUT2D eigenvalue weighted by atomic mass is 10.1. The molecule has 1 atom stereocenters. The minimum Gasteiger partial charge on any atom is -0.545 e. The number of hydrogen-bond acceptors (Lipinski definition) is 4. The molecule has 1 aliphatic heterocycles. The molecule has 0 radical (unpaired) electrons. The number of aromatic carboxylic acids is 1. The van der Waals surface area contributed by atoms with Crippen LogP contribution in [0, 0.1) is 19.8 Å². The molecule has 1 N–H and O–H groups in total. The maximum atomic E-state index is 12.5. The molecule has 1 saturated heterocycles. The number of carboxylic acid groups (broad SMARTS) is 1. The summed E-state index contributed by atoms with van der Waals surface area (Å²) >= 11 is 0. The van der Waals surface area contributed by atoms with Gasteiger partial charge in [-0.3, -0.25) is 9.59 Å². The van der Waals surface area contributed by atoms with E-state index in [0.29, 0.717) is 12.2 Å². The summed E-state index contributed by atoms with van der Waals surface area (Å²) < 4.78 is 0. The number of benzene rings is 2. The molecule has 0 bridgehead atoms. The van der Waals surface area contributed by atoms with Crippen LogP contribution in [-0.2, 0) is 9.59 Å². The highest BCUT2D eigenvalue weighted by Crippen LogP contribution is 2.29. The van der Waals surface area contributed by atoms with Crippen LogP contribution in [0.5, 0.6) is 0 Å². The number of hydrogen-bond donors (Lipinski definition) is 1. The van der Waals surface area contributed by atoms with E-state index in [9.17, 15) is 19.5 Å². The van der Waals surface area contributed by atoms with Gasteiger partial charge in [0.1, 0.15) is 0 Å². The van der Waals surface area contributed by atoms with E-state index in [1.165, 1.54) is 24.3 Å². The van der Waals surface area contributed by atoms with E-state index in [4.69, 9.17) is 0 Å². The summed E-state index contributed by atoms with van der Waals surface area (Å²) in [6.07, 6.45) is 0.149. The van der Waals surface area contributed by atoms with Crippen molar-refractivity contribution in [3.8, 4) is 0 Å². The molecule has 3 rings (SSSR count). The fourth-order valence-corrected chi connectivity index (χ4v) is 3.16. The zero-order valence-electron chi connectivity index (χ0n) is 14.6. The Balaban J connectivity index is 1.69. The molecule has 26 heavy (non-hydrogen) atoms. The third-order valence-electron chi connectivity index (χ3n) is 4.53. The quantitative estimate of drug-likeness (QED) is 0.907. The van der Waals surface area contributed by atoms with Gasteiger partial charge in [-0.25, -0.2) is 0 Å². The Morgan fingerprint density at radius 3 is 2.42 bits per heavy atom. The Morgan fingerprint density at radius 1 is 1.12 bits per heavy atom. The average Bonchev–Trinajstić information content (AvgIpc) is 2.97. The highest BCUT2D eigenvalue weighted by atomic mass is 16.4. The lowest BCUT2D eigenvalue weighted by Crippen LogP contribution is -2.28. The van der Waals surface area contributed by atoms with E-state index in [0.717, 1.165) is 16.8 Å². The summed E-state index contributed by atoms with van der Waals surface area (Å²) in [6.45, 7) is 4.26. The van der Waals surface area contributed by atoms with Crippen molar-refractivity contribution in [3.63, 3.8) is 0 Å². The third-order valence-corrected chi connectivity index (χ3v) is 4.53. The average molecular weight is 351 g/mol. The van der Waals surface area contributed by atoms with Gasteiger partial charge < -0.3 is 20.1 Å². The number of amides is 2. The number of carbonyl (C=O) groups is 3. The Labute approximate surface area is 151 Å². The van der Waals surface area contributed by atoms with Gasteiger partial charge in [0, 0.05) is 24.3 Å². The van der Waals surface area contributed by atoms with Gasteiger partial charge in [-0.2, -0.15) is 0 Å². The Hall–Kier alpha value is -3.15. The first-order chi connectivity index (χ1) is 12.3. The van der Waals surface area contributed by atoms with Crippen molar-refractivity contribution < 1.29 is 19.5 Å². The molecule has 1 heterocycles. The second kappa shape index (κ2) is 7.00. The van der Waals surface area contributed by atoms with Crippen LogP contribution in [0.15, 0.2) is 42.5 Å². The predicted molar refractivity (Wildman–Crippen MR) is 95.8 cm³/mol. The zero-order valence-corrected chi connectivity index (χ0v) is 14.6. The fourth-order valence-electron chi connectivity index (χ4n) is 3.16. The van der Waals surface area contributed by atoms with Crippen LogP contribution in [0.1, 0.15) is 27.9 Å². The summed E-state index contributed by atoms with van der Waals surface area (Å²) in [4.78, 5) is 37.3. The van der Waals surface area contributed by atoms with Gasteiger partial charge >= 0.3 is 0 Å². The zero-order chi connectivity index (χ0) is 18.8. The van der Waals surface area contributed by atoms with E-state index in [1.807, 2.05) is 32.0 Å². The molecule has 0 aromatic heterocycles. The molecule has 1 fully saturated rings. The predicted octanol–water partition coefficient (Wildman–Crippen LogP) is 1.66. The molecule has 0 aliphatic carbocycles. The summed E-state index contributed by atoms with van der Waals surface area (Å²) in [6, 6.07) is 11.6. The standard InChI is InChI=1S/C20H20N2O4/c1-12-3-8-17(13(2)9-12)22-11-15(10-18(22)23)19(24)21-16-6-4-14(5-7-16)20(25)26/h3-9,15H,10-11H2,1-2H3,(H,21,24)(H,25,26)/p-1/t15-/m0/s1. The minimum atomic E-state index is -1.27. The third kappa shape index (κ3) is 3.59. The first-order valence-corrected chi connectivity index (χ1v) is 8.35. The summed E-state index contributed by atoms with van der Waals surface area (Å²) in [7, 11) is 0. The van der Waals surface area contributed by atoms with E-state index in [1.54, 1.807) is 4.90 Å². The van der Waals surface area contributed by atoms with Gasteiger partial charge in [0.25, 0.3) is 0 Å². The van der Waals surface area contributed by atoms with Crippen molar-refractivity contribution in [1.29, 1.82) is 0 Å². The van der Waals surface area contributed by atoms with E-state index in [2.05, 4.69) is 5.32 Å². The lowest BCUT2D eigenvalue weighted by Gasteiger charge is -2.19. The second-order valence-corrected chi connectivity index (χ2v) is 6.55. The van der Waals surface area contributed by atoms with E-state index in [-0.39, 0.29) is 23.8 Å². The normalized spacial score (nSPS) is 16.6. The largest absolute Gasteiger partial charge is 0.545 e. The molecule has 0 saturated carbocycles. The number of aryl methyl sites for hydroxylation is 2. The number of nitrogens with zero attached hydrogens (tertiary/aromatic N) is 1. The van der Waals surface area contributed by atoms with Crippen LogP contribution in [0.2, 0.25) is 0 Å². The van der Waals surface area contributed by atoms with Gasteiger partial charge in [-0.15, -0.1) is 0 Å². The van der Waals surface area contributed by atoms with Crippen molar-refractivity contribution in [2.24, 2.45) is 5.92 Å². The minimum absolute atomic E-state index is 0.0417. The van der Waals surface area contributed by atoms with Crippen molar-refractivity contribution in [3.05, 3.63) is 59.2 Å². The number of rotatable bonds is 4. The molecule has 134 valence electrons. The summed E-state index contributed by atoms with van der Waals surface area (Å²) in [5.41, 5.74) is 3.47. The van der Waals surface area contributed by atoms with Crippen LogP contribution in [0.4, 0.5) is 11.4 Å². The van der Waals surface area contributed by atoms with Crippen molar-refractivity contribution >= 4 is 29.2 Å². The lowest BCUT2D eigenvalue weighted by molar-refractivity contribution is -0.255. The number of carbonyl (C=O) groups excluding carboxylic acids is 3. The molecule has 2 aromatic carbocycles. The van der Waals surface area contributed by atoms with Crippen LogP contribution in [0.3, 0.4) is 0 Å². The first kappa shape index (κ1) is 17.7. The van der Waals surface area contributed by atoms with Crippen LogP contribution in [0.25, 0.3) is 0 Å². The van der Waals surface area contributed by atoms with Gasteiger partial charge in [0.05, 0.1) is 11.9 Å². The molecule has 6 heteroatoms. The first-order valence-electron chi connectivity index (χ1n) is 8.35. The molecule has 6 nitrogen and oxygen atoms in total. The Bertz CT molecular complexity index is 874. The molecule has 0 spiro atoms. The van der Waals surface area contributed by atoms with Crippen LogP contribution < -0.4 is 15.3 Å². The second-order valence-electron chi connectivity index (χ2n) is 6.55. The molecular formula is C20H19N2O4-. The topological polar surface area (TPSA) is 89.5 Å². The fraction of sp³-hybridized carbons (Fsp3) is 0.250. The van der Waals surface area contributed by atoms with Crippen LogP contribution >= 0.6 is 0 Å². The molecular weight excluding hydrogens is 332 g/mol. The molecule has 1 aliphatic rings. The van der Waals surface area contributed by atoms with Gasteiger partial charge in [0.2, 0.25) is 11.8 Å². The number of nitrogens with one attached hydrogen (secondary N) is 1. The Morgan fingerprint density at radius 2 is 1.81 bits per heavy atom. The molecule has 2 aromatic rings. The van der Waals surface area contributed by atoms with Crippen molar-refractivity contribution in [1.82, 2.24) is 0 Å². The highest BCUT2D eigenvalue weighted by molar-refractivity contribution is 6.04. The van der Waals surface area contributed by atoms with Gasteiger partial charge in [0.15, 0.2) is 0 Å². The Kier molecular flexibility index (Phi) is 4.75. The SMILES string of the molecule is Cc1ccc(N2C[C@@H](C(=O)Nc3ccc(C(=O)[O-])cc3)CC2=O)c(C)c1. The van der Waals surface area contributed by atoms with E-state index >= 15 is 0 Å². The van der Waals surface area contributed by atoms with E-state index < -0.39 is 11.9 Å². The smallest absolute Gasteiger partial charge is 0.229 e. The maximum absolute atomic E-state index is 12.5. The summed E-state index contributed by atoms with van der Waals surface area (Å²) in [5.74, 6) is -2.06. The monoisotopic (exact) mass is 351 g/mol. The maximum Gasteiger partial charge on any atom is 0.229 e. The highest BCUT2D eigenvalue weighted by Gasteiger charge is 2.35. The van der Waals surface area contributed by atoms with Crippen LogP contribution in [-0.4, -0.2) is 24.3 Å². The van der Waals surface area contributed by atoms with Gasteiger partial charge in [-0.1, -0.05) is 29.8 Å². The number of anilines is 2. The molecule has 2 amide bonds. The molecule has 0 unspecified atom stereocenters.